The van der Waals surface area contributed by atoms with Crippen molar-refractivity contribution in [2.75, 3.05) is 12.4 Å². The molecule has 0 saturated carbocycles. The highest BCUT2D eigenvalue weighted by molar-refractivity contribution is 7.99. The topological polar surface area (TPSA) is 126 Å². The molecule has 0 fully saturated rings. The molecule has 122 valence electrons. The molecule has 0 saturated heterocycles. The first-order valence-corrected chi connectivity index (χ1v) is 7.63. The van der Waals surface area contributed by atoms with E-state index in [1.165, 1.54) is 29.2 Å². The standard InChI is InChI=1S/C13H15N5O4S/c1-2-3-6-22-12(19)10-7-9(18(20)21)4-5-11(10)23-13-16-15-8-17(13)14/h4-5,7-8H,2-3,6,14H2,1H3. The van der Waals surface area contributed by atoms with Gasteiger partial charge in [0.15, 0.2) is 0 Å². The molecular weight excluding hydrogens is 322 g/mol. The van der Waals surface area contributed by atoms with Gasteiger partial charge in [-0.2, -0.15) is 0 Å². The summed E-state index contributed by atoms with van der Waals surface area (Å²) in [5.74, 6) is 5.02. The Hall–Kier alpha value is -2.62. The second-order valence-corrected chi connectivity index (χ2v) is 5.56. The summed E-state index contributed by atoms with van der Waals surface area (Å²) in [6.07, 6.45) is 2.91. The molecular formula is C13H15N5O4S. The highest BCUT2D eigenvalue weighted by Gasteiger charge is 2.20. The fourth-order valence-electron chi connectivity index (χ4n) is 1.67. The van der Waals surface area contributed by atoms with Crippen LogP contribution in [0.25, 0.3) is 0 Å². The van der Waals surface area contributed by atoms with Crippen LogP contribution in [-0.2, 0) is 4.74 Å². The van der Waals surface area contributed by atoms with Crippen molar-refractivity contribution in [3.63, 3.8) is 0 Å². The molecule has 0 spiro atoms. The number of non-ortho nitro benzene ring substituents is 1. The largest absolute Gasteiger partial charge is 0.462 e. The summed E-state index contributed by atoms with van der Waals surface area (Å²) in [5, 5.41) is 18.7. The van der Waals surface area contributed by atoms with E-state index in [0.717, 1.165) is 24.6 Å². The quantitative estimate of drug-likeness (QED) is 0.267. The molecule has 2 rings (SSSR count). The van der Waals surface area contributed by atoms with Gasteiger partial charge in [-0.25, -0.2) is 9.47 Å². The van der Waals surface area contributed by atoms with Crippen LogP contribution in [0.5, 0.6) is 0 Å². The van der Waals surface area contributed by atoms with Crippen molar-refractivity contribution in [3.8, 4) is 0 Å². The normalized spacial score (nSPS) is 10.5. The Labute approximate surface area is 136 Å². The summed E-state index contributed by atoms with van der Waals surface area (Å²) < 4.78 is 6.34. The predicted molar refractivity (Wildman–Crippen MR) is 82.6 cm³/mol. The highest BCUT2D eigenvalue weighted by Crippen LogP contribution is 2.31. The Bertz CT molecular complexity index is 718. The number of nitrogens with two attached hydrogens (primary N) is 1. The van der Waals surface area contributed by atoms with Crippen LogP contribution in [0, 0.1) is 10.1 Å². The van der Waals surface area contributed by atoms with Gasteiger partial charge in [0, 0.05) is 17.0 Å². The molecule has 10 heteroatoms. The average molecular weight is 337 g/mol. The van der Waals surface area contributed by atoms with E-state index < -0.39 is 10.9 Å². The SMILES string of the molecule is CCCCOC(=O)c1cc([N+](=O)[O-])ccc1Sc1nncn1N. The van der Waals surface area contributed by atoms with Crippen LogP contribution < -0.4 is 5.84 Å². The molecule has 0 radical (unpaired) electrons. The minimum Gasteiger partial charge on any atom is -0.462 e. The fourth-order valence-corrected chi connectivity index (χ4v) is 2.50. The van der Waals surface area contributed by atoms with Crippen LogP contribution in [0.3, 0.4) is 0 Å². The molecule has 1 aromatic carbocycles. The first kappa shape index (κ1) is 16.7. The first-order valence-electron chi connectivity index (χ1n) is 6.81. The second-order valence-electron chi connectivity index (χ2n) is 4.55. The van der Waals surface area contributed by atoms with E-state index in [4.69, 9.17) is 10.6 Å². The number of nitro benzene ring substituents is 1. The lowest BCUT2D eigenvalue weighted by Crippen LogP contribution is -2.10. The molecule has 0 aliphatic rings. The van der Waals surface area contributed by atoms with Crippen molar-refractivity contribution in [2.24, 2.45) is 0 Å². The van der Waals surface area contributed by atoms with Crippen LogP contribution in [0.2, 0.25) is 0 Å². The van der Waals surface area contributed by atoms with Gasteiger partial charge in [0.2, 0.25) is 5.16 Å². The van der Waals surface area contributed by atoms with Crippen LogP contribution in [0.15, 0.2) is 34.6 Å². The Balaban J connectivity index is 2.31. The molecule has 1 heterocycles. The minimum atomic E-state index is -0.618. The summed E-state index contributed by atoms with van der Waals surface area (Å²) in [6.45, 7) is 2.23. The third kappa shape index (κ3) is 4.19. The van der Waals surface area contributed by atoms with E-state index in [2.05, 4.69) is 10.2 Å². The summed E-state index contributed by atoms with van der Waals surface area (Å²) in [6, 6.07) is 3.96. The van der Waals surface area contributed by atoms with E-state index in [1.807, 2.05) is 6.92 Å². The number of ether oxygens (including phenoxy) is 1. The number of unbranched alkanes of at least 4 members (excludes halogenated alkanes) is 1. The number of esters is 1. The van der Waals surface area contributed by atoms with Gasteiger partial charge < -0.3 is 10.6 Å². The number of hydrogen-bond acceptors (Lipinski definition) is 8. The van der Waals surface area contributed by atoms with Crippen molar-refractivity contribution >= 4 is 23.4 Å². The van der Waals surface area contributed by atoms with Crippen molar-refractivity contribution in [1.29, 1.82) is 0 Å². The highest BCUT2D eigenvalue weighted by atomic mass is 32.2. The van der Waals surface area contributed by atoms with Gasteiger partial charge in [0.05, 0.1) is 17.1 Å². The Kier molecular flexibility index (Phi) is 5.52. The maximum Gasteiger partial charge on any atom is 0.339 e. The number of rotatable bonds is 7. The third-order valence-corrected chi connectivity index (χ3v) is 3.92. The van der Waals surface area contributed by atoms with Gasteiger partial charge in [0.25, 0.3) is 5.69 Å². The van der Waals surface area contributed by atoms with Crippen molar-refractivity contribution < 1.29 is 14.5 Å². The first-order chi connectivity index (χ1) is 11.0. The number of nitro groups is 1. The maximum atomic E-state index is 12.2. The van der Waals surface area contributed by atoms with Gasteiger partial charge in [0.1, 0.15) is 6.33 Å². The zero-order chi connectivity index (χ0) is 16.8. The molecule has 2 N–H and O–H groups in total. The third-order valence-electron chi connectivity index (χ3n) is 2.87. The Morgan fingerprint density at radius 1 is 1.52 bits per heavy atom. The molecule has 2 aromatic rings. The fraction of sp³-hybridized carbons (Fsp3) is 0.308. The summed E-state index contributed by atoms with van der Waals surface area (Å²) in [4.78, 5) is 23.0. The molecule has 23 heavy (non-hydrogen) atoms. The molecule has 0 amide bonds. The summed E-state index contributed by atoms with van der Waals surface area (Å²) >= 11 is 1.08. The van der Waals surface area contributed by atoms with Crippen LogP contribution in [0.4, 0.5) is 5.69 Å². The van der Waals surface area contributed by atoms with E-state index in [0.29, 0.717) is 10.1 Å². The van der Waals surface area contributed by atoms with E-state index >= 15 is 0 Å². The van der Waals surface area contributed by atoms with Gasteiger partial charge >= 0.3 is 5.97 Å². The number of benzene rings is 1. The lowest BCUT2D eigenvalue weighted by Gasteiger charge is -2.08. The molecule has 1 aromatic heterocycles. The zero-order valence-electron chi connectivity index (χ0n) is 12.3. The molecule has 0 aliphatic carbocycles. The van der Waals surface area contributed by atoms with E-state index in [9.17, 15) is 14.9 Å². The lowest BCUT2D eigenvalue weighted by molar-refractivity contribution is -0.384. The van der Waals surface area contributed by atoms with Crippen LogP contribution in [-0.4, -0.2) is 32.4 Å². The molecule has 0 unspecified atom stereocenters. The smallest absolute Gasteiger partial charge is 0.339 e. The second kappa shape index (κ2) is 7.58. The number of nitrogen functional groups attached to an aromatic ring is 1. The van der Waals surface area contributed by atoms with Crippen molar-refractivity contribution in [2.45, 2.75) is 29.8 Å². The summed E-state index contributed by atoms with van der Waals surface area (Å²) in [5.41, 5.74) is -0.0886. The van der Waals surface area contributed by atoms with E-state index in [1.54, 1.807) is 0 Å². The predicted octanol–water partition coefficient (Wildman–Crippen LogP) is 2.01. The van der Waals surface area contributed by atoms with Crippen molar-refractivity contribution in [3.05, 3.63) is 40.2 Å². The van der Waals surface area contributed by atoms with E-state index in [-0.39, 0.29) is 17.9 Å². The Morgan fingerprint density at radius 3 is 2.91 bits per heavy atom. The Morgan fingerprint density at radius 2 is 2.30 bits per heavy atom. The number of carbonyl (C=O) groups is 1. The molecule has 0 atom stereocenters. The van der Waals surface area contributed by atoms with Crippen molar-refractivity contribution in [1.82, 2.24) is 14.9 Å². The molecule has 0 bridgehead atoms. The molecule has 9 nitrogen and oxygen atoms in total. The van der Waals surface area contributed by atoms with Crippen LogP contribution >= 0.6 is 11.8 Å². The van der Waals surface area contributed by atoms with Gasteiger partial charge in [-0.05, 0) is 24.2 Å². The van der Waals surface area contributed by atoms with Gasteiger partial charge in [-0.1, -0.05) is 13.3 Å². The summed E-state index contributed by atoms with van der Waals surface area (Å²) in [7, 11) is 0. The zero-order valence-corrected chi connectivity index (χ0v) is 13.2. The monoisotopic (exact) mass is 337 g/mol. The molecule has 0 aliphatic heterocycles. The lowest BCUT2D eigenvalue weighted by atomic mass is 10.2. The van der Waals surface area contributed by atoms with Gasteiger partial charge in [-0.15, -0.1) is 10.2 Å². The number of aromatic nitrogens is 3. The minimum absolute atomic E-state index is 0.100. The maximum absolute atomic E-state index is 12.2. The number of hydrogen-bond donors (Lipinski definition) is 1. The number of carbonyl (C=O) groups excluding carboxylic acids is 1. The van der Waals surface area contributed by atoms with Crippen LogP contribution in [0.1, 0.15) is 30.1 Å². The van der Waals surface area contributed by atoms with Gasteiger partial charge in [-0.3, -0.25) is 10.1 Å². The average Bonchev–Trinajstić information content (AvgIpc) is 2.92. The number of nitrogens with zero attached hydrogens (tertiary/aromatic N) is 4.